The molecule has 0 bridgehead atoms. The quantitative estimate of drug-likeness (QED) is 0.625. The minimum absolute atomic E-state index is 0.133. The van der Waals surface area contributed by atoms with E-state index in [0.717, 1.165) is 19.9 Å². The summed E-state index contributed by atoms with van der Waals surface area (Å²) in [6.07, 6.45) is 0.355. The van der Waals surface area contributed by atoms with Crippen LogP contribution in [0.15, 0.2) is 46.3 Å². The van der Waals surface area contributed by atoms with Crippen molar-refractivity contribution >= 4 is 39.2 Å². The maximum absolute atomic E-state index is 12.9. The molecule has 0 radical (unpaired) electrons. The third-order valence-corrected chi connectivity index (χ3v) is 5.94. The van der Waals surface area contributed by atoms with Gasteiger partial charge in [-0.3, -0.25) is 4.79 Å². The Morgan fingerprint density at radius 3 is 2.68 bits per heavy atom. The molecular weight excluding hydrogens is 355 g/mol. The second-order valence-electron chi connectivity index (χ2n) is 5.93. The van der Waals surface area contributed by atoms with Gasteiger partial charge in [0.25, 0.3) is 0 Å². The second-order valence-corrected chi connectivity index (χ2v) is 8.11. The van der Waals surface area contributed by atoms with Gasteiger partial charge >= 0.3 is 0 Å². The number of aromatic nitrogens is 1. The molecule has 2 aromatic carbocycles. The molecule has 0 aliphatic carbocycles. The van der Waals surface area contributed by atoms with Gasteiger partial charge in [-0.1, -0.05) is 17.4 Å². The van der Waals surface area contributed by atoms with Gasteiger partial charge in [0, 0.05) is 24.1 Å². The summed E-state index contributed by atoms with van der Waals surface area (Å²) in [5.74, 6) is 0.241. The van der Waals surface area contributed by atoms with Gasteiger partial charge in [-0.05, 0) is 55.3 Å². The number of fused-ring (bicyclic) bond motifs is 1. The van der Waals surface area contributed by atoms with Crippen LogP contribution in [0.25, 0.3) is 10.2 Å². The van der Waals surface area contributed by atoms with Crippen molar-refractivity contribution in [2.75, 3.05) is 5.75 Å². The maximum Gasteiger partial charge on any atom is 0.249 e. The molecular formula is C19H19FN2OS2. The first kappa shape index (κ1) is 17.9. The van der Waals surface area contributed by atoms with Gasteiger partial charge in [0.1, 0.15) is 5.82 Å². The predicted molar refractivity (Wildman–Crippen MR) is 103 cm³/mol. The third kappa shape index (κ3) is 4.19. The molecule has 3 rings (SSSR count). The number of thiazole rings is 1. The fourth-order valence-electron chi connectivity index (χ4n) is 2.74. The van der Waals surface area contributed by atoms with E-state index in [4.69, 9.17) is 0 Å². The molecule has 0 atom stereocenters. The van der Waals surface area contributed by atoms with E-state index in [9.17, 15) is 9.18 Å². The van der Waals surface area contributed by atoms with Crippen LogP contribution in [0.1, 0.15) is 17.5 Å². The molecule has 1 heterocycles. The summed E-state index contributed by atoms with van der Waals surface area (Å²) in [7, 11) is 1.94. The molecule has 25 heavy (non-hydrogen) atoms. The van der Waals surface area contributed by atoms with E-state index in [2.05, 4.69) is 31.0 Å². The first-order chi connectivity index (χ1) is 11.9. The van der Waals surface area contributed by atoms with Gasteiger partial charge in [-0.2, -0.15) is 4.99 Å². The largest absolute Gasteiger partial charge is 0.319 e. The first-order valence-electron chi connectivity index (χ1n) is 7.97. The third-order valence-electron chi connectivity index (χ3n) is 3.85. The fraction of sp³-hybridized carbons (Fsp3) is 0.263. The van der Waals surface area contributed by atoms with Gasteiger partial charge in [-0.15, -0.1) is 11.8 Å². The van der Waals surface area contributed by atoms with Crippen LogP contribution >= 0.6 is 23.1 Å². The van der Waals surface area contributed by atoms with Crippen molar-refractivity contribution in [1.29, 1.82) is 0 Å². The Bertz CT molecular complexity index is 987. The molecule has 3 nitrogen and oxygen atoms in total. The zero-order valence-electron chi connectivity index (χ0n) is 14.4. The van der Waals surface area contributed by atoms with Crippen molar-refractivity contribution in [3.05, 3.63) is 58.1 Å². The molecule has 0 spiro atoms. The van der Waals surface area contributed by atoms with E-state index < -0.39 is 0 Å². The molecule has 0 fully saturated rings. The van der Waals surface area contributed by atoms with E-state index in [1.807, 2.05) is 11.6 Å². The topological polar surface area (TPSA) is 34.4 Å². The lowest BCUT2D eigenvalue weighted by Gasteiger charge is -2.01. The molecule has 0 saturated heterocycles. The van der Waals surface area contributed by atoms with Crippen molar-refractivity contribution in [2.45, 2.75) is 25.2 Å². The Morgan fingerprint density at radius 1 is 1.24 bits per heavy atom. The highest BCUT2D eigenvalue weighted by molar-refractivity contribution is 7.99. The Labute approximate surface area is 154 Å². The van der Waals surface area contributed by atoms with Crippen LogP contribution in [0.2, 0.25) is 0 Å². The number of aryl methyl sites for hydroxylation is 3. The van der Waals surface area contributed by atoms with Crippen molar-refractivity contribution in [1.82, 2.24) is 4.57 Å². The molecule has 0 aliphatic rings. The van der Waals surface area contributed by atoms with E-state index in [-0.39, 0.29) is 11.7 Å². The number of carbonyl (C=O) groups excluding carboxylic acids is 1. The predicted octanol–water partition coefficient (Wildman–Crippen LogP) is 4.61. The van der Waals surface area contributed by atoms with Crippen LogP contribution in [-0.4, -0.2) is 16.2 Å². The number of hydrogen-bond acceptors (Lipinski definition) is 3. The fourth-order valence-corrected chi connectivity index (χ4v) is 4.79. The Balaban J connectivity index is 1.73. The summed E-state index contributed by atoms with van der Waals surface area (Å²) in [4.78, 5) is 18.1. The van der Waals surface area contributed by atoms with Crippen molar-refractivity contribution < 1.29 is 9.18 Å². The van der Waals surface area contributed by atoms with Gasteiger partial charge in [0.2, 0.25) is 5.91 Å². The number of nitrogens with zero attached hydrogens (tertiary/aromatic N) is 2. The molecule has 0 N–H and O–H groups in total. The lowest BCUT2D eigenvalue weighted by Crippen LogP contribution is -2.13. The van der Waals surface area contributed by atoms with Gasteiger partial charge < -0.3 is 4.57 Å². The Kier molecular flexibility index (Phi) is 5.39. The average Bonchev–Trinajstić information content (AvgIpc) is 2.85. The average molecular weight is 375 g/mol. The van der Waals surface area contributed by atoms with Gasteiger partial charge in [0.15, 0.2) is 4.80 Å². The van der Waals surface area contributed by atoms with Crippen LogP contribution in [-0.2, 0) is 11.8 Å². The molecule has 0 aliphatic heterocycles. The number of amides is 1. The minimum atomic E-state index is -0.252. The van der Waals surface area contributed by atoms with Crippen LogP contribution in [0.5, 0.6) is 0 Å². The SMILES string of the molecule is Cc1cc(C)c2c(c1)sc(=NC(=O)CCSc1ccc(F)cc1)n2C. The lowest BCUT2D eigenvalue weighted by molar-refractivity contribution is -0.117. The van der Waals surface area contributed by atoms with Crippen LogP contribution < -0.4 is 4.80 Å². The molecule has 130 valence electrons. The molecule has 0 saturated carbocycles. The summed E-state index contributed by atoms with van der Waals surface area (Å²) in [5, 5.41) is 0. The summed E-state index contributed by atoms with van der Waals surface area (Å²) in [6, 6.07) is 10.6. The molecule has 1 aromatic heterocycles. The zero-order chi connectivity index (χ0) is 18.0. The molecule has 3 aromatic rings. The molecule has 6 heteroatoms. The normalized spacial score (nSPS) is 12.1. The Hall–Kier alpha value is -1.92. The summed E-state index contributed by atoms with van der Waals surface area (Å²) >= 11 is 3.07. The maximum atomic E-state index is 12.9. The Morgan fingerprint density at radius 2 is 1.96 bits per heavy atom. The number of carbonyl (C=O) groups is 1. The lowest BCUT2D eigenvalue weighted by atomic mass is 10.1. The standard InChI is InChI=1S/C19H19FN2OS2/c1-12-10-13(2)18-16(11-12)25-19(22(18)3)21-17(23)8-9-24-15-6-4-14(20)5-7-15/h4-7,10-11H,8-9H2,1-3H3. The number of rotatable bonds is 4. The van der Waals surface area contributed by atoms with Crippen LogP contribution in [0, 0.1) is 19.7 Å². The van der Waals surface area contributed by atoms with Crippen molar-refractivity contribution in [3.8, 4) is 0 Å². The van der Waals surface area contributed by atoms with Crippen molar-refractivity contribution in [3.63, 3.8) is 0 Å². The van der Waals surface area contributed by atoms with E-state index >= 15 is 0 Å². The second kappa shape index (κ2) is 7.54. The summed E-state index contributed by atoms with van der Waals surface area (Å²) in [5.41, 5.74) is 3.53. The van der Waals surface area contributed by atoms with Crippen molar-refractivity contribution in [2.24, 2.45) is 12.0 Å². The monoisotopic (exact) mass is 374 g/mol. The molecule has 0 unspecified atom stereocenters. The van der Waals surface area contributed by atoms with Crippen LogP contribution in [0.3, 0.4) is 0 Å². The van der Waals surface area contributed by atoms with E-state index in [1.165, 1.54) is 46.4 Å². The minimum Gasteiger partial charge on any atom is -0.319 e. The summed E-state index contributed by atoms with van der Waals surface area (Å²) < 4.78 is 16.0. The smallest absolute Gasteiger partial charge is 0.249 e. The zero-order valence-corrected chi connectivity index (χ0v) is 16.0. The van der Waals surface area contributed by atoms with Gasteiger partial charge in [0.05, 0.1) is 10.2 Å². The van der Waals surface area contributed by atoms with Crippen LogP contribution in [0.4, 0.5) is 4.39 Å². The highest BCUT2D eigenvalue weighted by Gasteiger charge is 2.08. The highest BCUT2D eigenvalue weighted by atomic mass is 32.2. The summed E-state index contributed by atoms with van der Waals surface area (Å²) in [6.45, 7) is 4.15. The molecule has 1 amide bonds. The number of thioether (sulfide) groups is 1. The van der Waals surface area contributed by atoms with E-state index in [1.54, 1.807) is 12.1 Å². The number of hydrogen-bond donors (Lipinski definition) is 0. The number of halogens is 1. The highest BCUT2D eigenvalue weighted by Crippen LogP contribution is 2.22. The van der Waals surface area contributed by atoms with E-state index in [0.29, 0.717) is 12.2 Å². The first-order valence-corrected chi connectivity index (χ1v) is 9.77. The number of benzene rings is 2. The van der Waals surface area contributed by atoms with Gasteiger partial charge in [-0.25, -0.2) is 4.39 Å².